The van der Waals surface area contributed by atoms with Crippen molar-refractivity contribution < 1.29 is 5.11 Å². The fraction of sp³-hybridized carbons (Fsp3) is 0.385. The van der Waals surface area contributed by atoms with Gasteiger partial charge in [-0.1, -0.05) is 31.2 Å². The van der Waals surface area contributed by atoms with E-state index in [4.69, 9.17) is 0 Å². The monoisotopic (exact) mass is 190 g/mol. The predicted molar refractivity (Wildman–Crippen MR) is 60.6 cm³/mol. The molecule has 0 amide bonds. The molecule has 14 heavy (non-hydrogen) atoms. The summed E-state index contributed by atoms with van der Waals surface area (Å²) >= 11 is 0. The topological polar surface area (TPSA) is 20.2 Å². The molecule has 1 atom stereocenters. The van der Waals surface area contributed by atoms with Gasteiger partial charge >= 0.3 is 0 Å². The quantitative estimate of drug-likeness (QED) is 0.715. The first-order valence-corrected chi connectivity index (χ1v) is 5.18. The van der Waals surface area contributed by atoms with Crippen LogP contribution < -0.4 is 0 Å². The first-order chi connectivity index (χ1) is 6.77. The van der Waals surface area contributed by atoms with E-state index in [1.807, 2.05) is 19.1 Å². The van der Waals surface area contributed by atoms with Crippen molar-refractivity contribution >= 4 is 0 Å². The number of rotatable bonds is 4. The van der Waals surface area contributed by atoms with E-state index < -0.39 is 0 Å². The normalized spacial score (nSPS) is 13.3. The molecule has 1 rings (SSSR count). The molecule has 0 aliphatic heterocycles. The van der Waals surface area contributed by atoms with Gasteiger partial charge in [0, 0.05) is 0 Å². The Bertz CT molecular complexity index is 285. The van der Waals surface area contributed by atoms with Gasteiger partial charge in [0.15, 0.2) is 0 Å². The Balaban J connectivity index is 2.73. The van der Waals surface area contributed by atoms with Crippen LogP contribution >= 0.6 is 0 Å². The molecule has 0 saturated heterocycles. The molecule has 76 valence electrons. The number of hydrogen-bond donors (Lipinski definition) is 1. The highest BCUT2D eigenvalue weighted by atomic mass is 16.3. The van der Waals surface area contributed by atoms with Crippen molar-refractivity contribution in [2.75, 3.05) is 0 Å². The Morgan fingerprint density at radius 1 is 1.29 bits per heavy atom. The summed E-state index contributed by atoms with van der Waals surface area (Å²) in [4.78, 5) is 0. The highest BCUT2D eigenvalue weighted by Crippen LogP contribution is 2.25. The maximum absolute atomic E-state index is 9.17. The van der Waals surface area contributed by atoms with Crippen LogP contribution in [0.15, 0.2) is 36.4 Å². The van der Waals surface area contributed by atoms with E-state index in [1.165, 1.54) is 5.56 Å². The zero-order valence-corrected chi connectivity index (χ0v) is 8.90. The first kappa shape index (κ1) is 10.8. The van der Waals surface area contributed by atoms with E-state index >= 15 is 0 Å². The second-order valence-electron chi connectivity index (χ2n) is 3.50. The highest BCUT2D eigenvalue weighted by molar-refractivity contribution is 5.28. The summed E-state index contributed by atoms with van der Waals surface area (Å²) in [5, 5.41) is 9.17. The van der Waals surface area contributed by atoms with Crippen molar-refractivity contribution in [2.24, 2.45) is 0 Å². The lowest BCUT2D eigenvalue weighted by molar-refractivity contribution is 0.474. The molecule has 1 unspecified atom stereocenters. The fourth-order valence-corrected chi connectivity index (χ4v) is 1.59. The Hall–Kier alpha value is -1.24. The van der Waals surface area contributed by atoms with Crippen molar-refractivity contribution in [3.05, 3.63) is 42.0 Å². The molecular weight excluding hydrogens is 172 g/mol. The molecular formula is C13H18O. The lowest BCUT2D eigenvalue weighted by atomic mass is 9.93. The van der Waals surface area contributed by atoms with Crippen LogP contribution in [0.5, 0.6) is 5.75 Å². The number of hydrogen-bond acceptors (Lipinski definition) is 1. The molecule has 1 N–H and O–H groups in total. The van der Waals surface area contributed by atoms with Gasteiger partial charge in [-0.2, -0.15) is 0 Å². The molecule has 1 nitrogen and oxygen atoms in total. The van der Waals surface area contributed by atoms with E-state index in [0.29, 0.717) is 11.7 Å². The Kier molecular flexibility index (Phi) is 4.24. The lowest BCUT2D eigenvalue weighted by Crippen LogP contribution is -1.94. The SMILES string of the molecule is C/C=C/CC(CC)c1ccc(O)cc1. The second-order valence-corrected chi connectivity index (χ2v) is 3.50. The van der Waals surface area contributed by atoms with Crippen LogP contribution in [-0.4, -0.2) is 5.11 Å². The Labute approximate surface area is 86.1 Å². The standard InChI is InChI=1S/C13H18O/c1-3-5-6-11(4-2)12-7-9-13(14)10-8-12/h3,5,7-11,14H,4,6H2,1-2H3/b5-3+. The van der Waals surface area contributed by atoms with Crippen LogP contribution in [0.3, 0.4) is 0 Å². The van der Waals surface area contributed by atoms with Crippen LogP contribution in [0.4, 0.5) is 0 Å². The van der Waals surface area contributed by atoms with Crippen LogP contribution in [-0.2, 0) is 0 Å². The molecule has 0 spiro atoms. The van der Waals surface area contributed by atoms with Crippen molar-refractivity contribution in [2.45, 2.75) is 32.6 Å². The maximum Gasteiger partial charge on any atom is 0.115 e. The van der Waals surface area contributed by atoms with Gasteiger partial charge in [-0.15, -0.1) is 0 Å². The zero-order valence-electron chi connectivity index (χ0n) is 8.90. The average Bonchev–Trinajstić information content (AvgIpc) is 2.21. The summed E-state index contributed by atoms with van der Waals surface area (Å²) in [7, 11) is 0. The van der Waals surface area contributed by atoms with Crippen molar-refractivity contribution in [3.63, 3.8) is 0 Å². The van der Waals surface area contributed by atoms with Gasteiger partial charge in [0.05, 0.1) is 0 Å². The number of phenolic OH excluding ortho intramolecular Hbond substituents is 1. The summed E-state index contributed by atoms with van der Waals surface area (Å²) in [6.45, 7) is 4.24. The van der Waals surface area contributed by atoms with Crippen molar-refractivity contribution in [1.82, 2.24) is 0 Å². The van der Waals surface area contributed by atoms with E-state index in [1.54, 1.807) is 12.1 Å². The highest BCUT2D eigenvalue weighted by Gasteiger charge is 2.06. The molecule has 1 aromatic carbocycles. The van der Waals surface area contributed by atoms with Crippen molar-refractivity contribution in [3.8, 4) is 5.75 Å². The fourth-order valence-electron chi connectivity index (χ4n) is 1.59. The average molecular weight is 190 g/mol. The summed E-state index contributed by atoms with van der Waals surface area (Å²) in [5.41, 5.74) is 1.31. The summed E-state index contributed by atoms with van der Waals surface area (Å²) < 4.78 is 0. The molecule has 1 heteroatoms. The van der Waals surface area contributed by atoms with Crippen LogP contribution in [0.25, 0.3) is 0 Å². The lowest BCUT2D eigenvalue weighted by Gasteiger charge is -2.12. The van der Waals surface area contributed by atoms with Gasteiger partial charge in [-0.3, -0.25) is 0 Å². The minimum absolute atomic E-state index is 0.342. The predicted octanol–water partition coefficient (Wildman–Crippen LogP) is 3.85. The first-order valence-electron chi connectivity index (χ1n) is 5.18. The maximum atomic E-state index is 9.17. The number of phenols is 1. The Morgan fingerprint density at radius 3 is 2.43 bits per heavy atom. The second kappa shape index (κ2) is 5.48. The number of allylic oxidation sites excluding steroid dienone is 2. The molecule has 0 saturated carbocycles. The largest absolute Gasteiger partial charge is 0.508 e. The number of benzene rings is 1. The van der Waals surface area contributed by atoms with Crippen LogP contribution in [0.2, 0.25) is 0 Å². The molecule has 0 heterocycles. The molecule has 0 aromatic heterocycles. The van der Waals surface area contributed by atoms with Crippen LogP contribution in [0, 0.1) is 0 Å². The van der Waals surface area contributed by atoms with Gasteiger partial charge in [0.2, 0.25) is 0 Å². The summed E-state index contributed by atoms with van der Waals surface area (Å²) in [6, 6.07) is 7.53. The van der Waals surface area contributed by atoms with Crippen molar-refractivity contribution in [1.29, 1.82) is 0 Å². The van der Waals surface area contributed by atoms with Gasteiger partial charge in [0.1, 0.15) is 5.75 Å². The molecule has 0 radical (unpaired) electrons. The number of aromatic hydroxyl groups is 1. The van der Waals surface area contributed by atoms with E-state index in [-0.39, 0.29) is 0 Å². The minimum Gasteiger partial charge on any atom is -0.508 e. The third-order valence-electron chi connectivity index (χ3n) is 2.51. The van der Waals surface area contributed by atoms with E-state index in [2.05, 4.69) is 19.1 Å². The molecule has 0 aliphatic rings. The molecule has 0 bridgehead atoms. The molecule has 1 aromatic rings. The molecule has 0 fully saturated rings. The summed E-state index contributed by atoms with van der Waals surface area (Å²) in [5.74, 6) is 0.918. The summed E-state index contributed by atoms with van der Waals surface area (Å²) in [6.07, 6.45) is 6.50. The van der Waals surface area contributed by atoms with Gasteiger partial charge in [0.25, 0.3) is 0 Å². The zero-order chi connectivity index (χ0) is 10.4. The van der Waals surface area contributed by atoms with Gasteiger partial charge in [-0.05, 0) is 43.4 Å². The third kappa shape index (κ3) is 2.91. The van der Waals surface area contributed by atoms with E-state index in [0.717, 1.165) is 12.8 Å². The van der Waals surface area contributed by atoms with E-state index in [9.17, 15) is 5.11 Å². The van der Waals surface area contributed by atoms with Gasteiger partial charge < -0.3 is 5.11 Å². The molecule has 0 aliphatic carbocycles. The minimum atomic E-state index is 0.342. The van der Waals surface area contributed by atoms with Gasteiger partial charge in [-0.25, -0.2) is 0 Å². The Morgan fingerprint density at radius 2 is 1.93 bits per heavy atom. The van der Waals surface area contributed by atoms with Crippen LogP contribution in [0.1, 0.15) is 38.2 Å². The smallest absolute Gasteiger partial charge is 0.115 e. The third-order valence-corrected chi connectivity index (χ3v) is 2.51.